The second kappa shape index (κ2) is 4.04. The molecular formula is C10H13N3OS. The molecule has 0 saturated carbocycles. The maximum atomic E-state index is 9.13. The summed E-state index contributed by atoms with van der Waals surface area (Å²) in [4.78, 5) is 4.37. The van der Waals surface area contributed by atoms with Gasteiger partial charge in [0.2, 0.25) is 0 Å². The number of aromatic nitrogens is 1. The zero-order chi connectivity index (χ0) is 10.8. The summed E-state index contributed by atoms with van der Waals surface area (Å²) >= 11 is 1.54. The maximum Gasteiger partial charge on any atom is 0.183 e. The van der Waals surface area contributed by atoms with Crippen molar-refractivity contribution in [2.45, 2.75) is 13.0 Å². The Hall–Kier alpha value is -1.33. The molecule has 0 aliphatic heterocycles. The van der Waals surface area contributed by atoms with Crippen molar-refractivity contribution >= 4 is 32.4 Å². The average Bonchev–Trinajstić information content (AvgIpc) is 2.56. The fourth-order valence-electron chi connectivity index (χ4n) is 1.25. The molecule has 2 rings (SSSR count). The third-order valence-corrected chi connectivity index (χ3v) is 2.94. The fourth-order valence-corrected chi connectivity index (χ4v) is 2.17. The van der Waals surface area contributed by atoms with Crippen LogP contribution in [0, 0.1) is 0 Å². The van der Waals surface area contributed by atoms with E-state index in [1.165, 1.54) is 0 Å². The van der Waals surface area contributed by atoms with Crippen molar-refractivity contribution in [2.75, 3.05) is 17.6 Å². The van der Waals surface area contributed by atoms with Crippen molar-refractivity contribution in [2.24, 2.45) is 0 Å². The molecule has 0 fully saturated rings. The van der Waals surface area contributed by atoms with E-state index in [0.717, 1.165) is 21.0 Å². The molecule has 2 aromatic rings. The van der Waals surface area contributed by atoms with Crippen LogP contribution in [0.2, 0.25) is 0 Å². The first-order valence-electron chi connectivity index (χ1n) is 4.73. The molecule has 80 valence electrons. The standard InChI is InChI=1S/C10H13N3OS/c1-6(14)5-12-10-13-8-3-2-7(11)4-9(8)15-10/h2-4,6,14H,5,11H2,1H3,(H,12,13). The van der Waals surface area contributed by atoms with Crippen LogP contribution >= 0.6 is 11.3 Å². The van der Waals surface area contributed by atoms with E-state index in [1.807, 2.05) is 18.2 Å². The molecule has 0 bridgehead atoms. The van der Waals surface area contributed by atoms with Crippen LogP contribution in [0.3, 0.4) is 0 Å². The Bertz CT molecular complexity index is 467. The Kier molecular flexibility index (Phi) is 2.75. The zero-order valence-electron chi connectivity index (χ0n) is 8.40. The number of nitrogens with one attached hydrogen (secondary N) is 1. The molecule has 1 unspecified atom stereocenters. The lowest BCUT2D eigenvalue weighted by molar-refractivity contribution is 0.208. The van der Waals surface area contributed by atoms with Gasteiger partial charge in [0.25, 0.3) is 0 Å². The predicted molar refractivity (Wildman–Crippen MR) is 64.2 cm³/mol. The topological polar surface area (TPSA) is 71.2 Å². The van der Waals surface area contributed by atoms with Gasteiger partial charge < -0.3 is 16.2 Å². The van der Waals surface area contributed by atoms with E-state index in [9.17, 15) is 0 Å². The van der Waals surface area contributed by atoms with Crippen LogP contribution in [-0.4, -0.2) is 22.7 Å². The monoisotopic (exact) mass is 223 g/mol. The smallest absolute Gasteiger partial charge is 0.183 e. The van der Waals surface area contributed by atoms with E-state index in [4.69, 9.17) is 10.8 Å². The van der Waals surface area contributed by atoms with Gasteiger partial charge >= 0.3 is 0 Å². The number of thiazole rings is 1. The third kappa shape index (κ3) is 2.37. The van der Waals surface area contributed by atoms with Gasteiger partial charge in [0, 0.05) is 12.2 Å². The zero-order valence-corrected chi connectivity index (χ0v) is 9.21. The maximum absolute atomic E-state index is 9.13. The molecule has 0 amide bonds. The van der Waals surface area contributed by atoms with Gasteiger partial charge in [-0.05, 0) is 25.1 Å². The van der Waals surface area contributed by atoms with Crippen LogP contribution in [0.25, 0.3) is 10.2 Å². The highest BCUT2D eigenvalue weighted by Crippen LogP contribution is 2.27. The van der Waals surface area contributed by atoms with Crippen LogP contribution in [-0.2, 0) is 0 Å². The average molecular weight is 223 g/mol. The van der Waals surface area contributed by atoms with Crippen molar-refractivity contribution in [3.8, 4) is 0 Å². The summed E-state index contributed by atoms with van der Waals surface area (Å²) in [6, 6.07) is 5.63. The molecule has 15 heavy (non-hydrogen) atoms. The minimum atomic E-state index is -0.373. The number of fused-ring (bicyclic) bond motifs is 1. The summed E-state index contributed by atoms with van der Waals surface area (Å²) in [6.07, 6.45) is -0.373. The second-order valence-corrected chi connectivity index (χ2v) is 4.51. The number of nitrogens with two attached hydrogens (primary N) is 1. The first kappa shape index (κ1) is 10.2. The van der Waals surface area contributed by atoms with E-state index in [1.54, 1.807) is 18.3 Å². The molecule has 4 N–H and O–H groups in total. The normalized spacial score (nSPS) is 12.9. The Balaban J connectivity index is 2.23. The highest BCUT2D eigenvalue weighted by Gasteiger charge is 2.04. The molecule has 0 aliphatic rings. The van der Waals surface area contributed by atoms with Crippen molar-refractivity contribution in [3.63, 3.8) is 0 Å². The van der Waals surface area contributed by atoms with Gasteiger partial charge in [0.1, 0.15) is 0 Å². The molecule has 0 aliphatic carbocycles. The van der Waals surface area contributed by atoms with Gasteiger partial charge in [-0.25, -0.2) is 4.98 Å². The van der Waals surface area contributed by atoms with Crippen LogP contribution in [0.15, 0.2) is 18.2 Å². The first-order valence-corrected chi connectivity index (χ1v) is 5.55. The minimum absolute atomic E-state index is 0.373. The van der Waals surface area contributed by atoms with Gasteiger partial charge in [0.05, 0.1) is 16.3 Å². The number of hydrogen-bond acceptors (Lipinski definition) is 5. The largest absolute Gasteiger partial charge is 0.399 e. The van der Waals surface area contributed by atoms with E-state index in [2.05, 4.69) is 10.3 Å². The summed E-state index contributed by atoms with van der Waals surface area (Å²) in [5, 5.41) is 13.0. The molecule has 1 heterocycles. The number of anilines is 2. The Morgan fingerprint density at radius 3 is 3.13 bits per heavy atom. The molecule has 0 radical (unpaired) electrons. The van der Waals surface area contributed by atoms with Gasteiger partial charge in [-0.3, -0.25) is 0 Å². The van der Waals surface area contributed by atoms with Gasteiger partial charge in [-0.2, -0.15) is 0 Å². The number of nitrogens with zero attached hydrogens (tertiary/aromatic N) is 1. The number of rotatable bonds is 3. The molecule has 5 heteroatoms. The second-order valence-electron chi connectivity index (χ2n) is 3.48. The summed E-state index contributed by atoms with van der Waals surface area (Å²) in [5.74, 6) is 0. The van der Waals surface area contributed by atoms with E-state index < -0.39 is 0 Å². The highest BCUT2D eigenvalue weighted by atomic mass is 32.1. The fraction of sp³-hybridized carbons (Fsp3) is 0.300. The van der Waals surface area contributed by atoms with Gasteiger partial charge in [0.15, 0.2) is 5.13 Å². The Morgan fingerprint density at radius 2 is 2.40 bits per heavy atom. The highest BCUT2D eigenvalue weighted by molar-refractivity contribution is 7.22. The lowest BCUT2D eigenvalue weighted by Gasteiger charge is -2.03. The summed E-state index contributed by atoms with van der Waals surface area (Å²) in [6.45, 7) is 2.24. The van der Waals surface area contributed by atoms with Crippen LogP contribution in [0.4, 0.5) is 10.8 Å². The molecule has 0 spiro atoms. The number of aliphatic hydroxyl groups excluding tert-OH is 1. The quantitative estimate of drug-likeness (QED) is 0.692. The molecular weight excluding hydrogens is 210 g/mol. The van der Waals surface area contributed by atoms with E-state index in [0.29, 0.717) is 6.54 Å². The number of nitrogen functional groups attached to an aromatic ring is 1. The number of hydrogen-bond donors (Lipinski definition) is 3. The summed E-state index contributed by atoms with van der Waals surface area (Å²) in [5.41, 5.74) is 7.35. The lowest BCUT2D eigenvalue weighted by atomic mass is 10.3. The minimum Gasteiger partial charge on any atom is -0.399 e. The molecule has 0 saturated heterocycles. The van der Waals surface area contributed by atoms with Gasteiger partial charge in [-0.1, -0.05) is 11.3 Å². The lowest BCUT2D eigenvalue weighted by Crippen LogP contribution is -2.14. The first-order chi connectivity index (χ1) is 7.15. The van der Waals surface area contributed by atoms with Crippen molar-refractivity contribution in [3.05, 3.63) is 18.2 Å². The molecule has 1 aromatic heterocycles. The van der Waals surface area contributed by atoms with Crippen molar-refractivity contribution in [1.82, 2.24) is 4.98 Å². The summed E-state index contributed by atoms with van der Waals surface area (Å²) in [7, 11) is 0. The molecule has 1 atom stereocenters. The van der Waals surface area contributed by atoms with E-state index in [-0.39, 0.29) is 6.10 Å². The number of benzene rings is 1. The number of aliphatic hydroxyl groups is 1. The summed E-state index contributed by atoms with van der Waals surface area (Å²) < 4.78 is 1.06. The van der Waals surface area contributed by atoms with Crippen molar-refractivity contribution < 1.29 is 5.11 Å². The Labute approximate surface area is 91.8 Å². The third-order valence-electron chi connectivity index (χ3n) is 1.96. The predicted octanol–water partition coefficient (Wildman–Crippen LogP) is 1.67. The van der Waals surface area contributed by atoms with Crippen LogP contribution < -0.4 is 11.1 Å². The molecule has 1 aromatic carbocycles. The van der Waals surface area contributed by atoms with Crippen LogP contribution in [0.5, 0.6) is 0 Å². The van der Waals surface area contributed by atoms with E-state index >= 15 is 0 Å². The SMILES string of the molecule is CC(O)CNc1nc2ccc(N)cc2s1. The van der Waals surface area contributed by atoms with Gasteiger partial charge in [-0.15, -0.1) is 0 Å². The van der Waals surface area contributed by atoms with Crippen LogP contribution in [0.1, 0.15) is 6.92 Å². The molecule has 4 nitrogen and oxygen atoms in total. The Morgan fingerprint density at radius 1 is 1.60 bits per heavy atom. The van der Waals surface area contributed by atoms with Crippen molar-refractivity contribution in [1.29, 1.82) is 0 Å².